The number of rotatable bonds is 3. The van der Waals surface area contributed by atoms with Gasteiger partial charge in [-0.3, -0.25) is 0 Å². The molecule has 0 aromatic heterocycles. The van der Waals surface area contributed by atoms with Crippen LogP contribution in [0.15, 0.2) is 23.2 Å². The van der Waals surface area contributed by atoms with Crippen LogP contribution in [0.25, 0.3) is 0 Å². The van der Waals surface area contributed by atoms with Gasteiger partial charge < -0.3 is 14.3 Å². The van der Waals surface area contributed by atoms with Gasteiger partial charge in [-0.1, -0.05) is 34.2 Å². The summed E-state index contributed by atoms with van der Waals surface area (Å²) >= 11 is 3.08. The summed E-state index contributed by atoms with van der Waals surface area (Å²) in [5.41, 5.74) is 0. The van der Waals surface area contributed by atoms with Crippen LogP contribution in [0.4, 0.5) is 0 Å². The summed E-state index contributed by atoms with van der Waals surface area (Å²) < 4.78 is 9.89. The lowest BCUT2D eigenvalue weighted by Crippen LogP contribution is -1.74. The molecule has 3 nitrogen and oxygen atoms in total. The van der Waals surface area contributed by atoms with Crippen LogP contribution in [-0.2, 0) is 14.3 Å². The first-order valence-electron chi connectivity index (χ1n) is 6.43. The molecule has 2 heterocycles. The summed E-state index contributed by atoms with van der Waals surface area (Å²) in [6, 6.07) is 0. The zero-order valence-corrected chi connectivity index (χ0v) is 12.4. The fraction of sp³-hybridized carbons (Fsp3) is 0.643. The van der Waals surface area contributed by atoms with Crippen LogP contribution in [0.1, 0.15) is 32.1 Å². The summed E-state index contributed by atoms with van der Waals surface area (Å²) in [7, 11) is 0. The van der Waals surface area contributed by atoms with Crippen molar-refractivity contribution in [1.82, 2.24) is 0 Å². The van der Waals surface area contributed by atoms with Gasteiger partial charge in [0.05, 0.1) is 0 Å². The Labute approximate surface area is 118 Å². The number of ether oxygens (including phenoxy) is 2. The molecule has 104 valence electrons. The number of allylic oxidation sites excluding steroid dienone is 3. The molecule has 0 N–H and O–H groups in total. The predicted molar refractivity (Wildman–Crippen MR) is 78.0 cm³/mol. The average Bonchev–Trinajstić information content (AvgIpc) is 3.12. The topological polar surface area (TPSA) is 35.5 Å². The molecule has 0 unspecified atom stereocenters. The monoisotopic (exact) mass is 318 g/mol. The van der Waals surface area contributed by atoms with Crippen molar-refractivity contribution in [1.29, 1.82) is 0 Å². The second-order valence-electron chi connectivity index (χ2n) is 3.79. The van der Waals surface area contributed by atoms with Gasteiger partial charge in [0, 0.05) is 32.8 Å². The minimum Gasteiger partial charge on any atom is -0.381 e. The maximum absolute atomic E-state index is 9.68. The van der Waals surface area contributed by atoms with Crippen LogP contribution in [0.3, 0.4) is 0 Å². The molecule has 2 aliphatic heterocycles. The molecule has 0 aromatic carbocycles. The molecular weight excluding hydrogens is 296 g/mol. The van der Waals surface area contributed by atoms with Gasteiger partial charge in [0.25, 0.3) is 0 Å². The van der Waals surface area contributed by atoms with E-state index in [9.17, 15) is 4.79 Å². The number of hydrogen-bond acceptors (Lipinski definition) is 3. The molecule has 0 aromatic rings. The van der Waals surface area contributed by atoms with Crippen molar-refractivity contribution in [3.05, 3.63) is 23.2 Å². The van der Waals surface area contributed by atoms with Crippen LogP contribution >= 0.6 is 15.9 Å². The van der Waals surface area contributed by atoms with Crippen molar-refractivity contribution in [2.75, 3.05) is 26.4 Å². The minimum absolute atomic E-state index is 0.497. The second-order valence-corrected chi connectivity index (χ2v) is 4.32. The van der Waals surface area contributed by atoms with Crippen LogP contribution in [-0.4, -0.2) is 32.7 Å². The highest BCUT2D eigenvalue weighted by molar-refractivity contribution is 9.11. The molecule has 4 heteroatoms. The van der Waals surface area contributed by atoms with Crippen molar-refractivity contribution in [2.24, 2.45) is 0 Å². The fourth-order valence-electron chi connectivity index (χ4n) is 1.28. The molecule has 0 spiro atoms. The Morgan fingerprint density at radius 1 is 0.889 bits per heavy atom. The van der Waals surface area contributed by atoms with Crippen LogP contribution in [0.5, 0.6) is 0 Å². The Hall–Kier alpha value is -0.450. The Balaban J connectivity index is 0.000000250. The number of aldehydes is 1. The normalized spacial score (nSPS) is 18.3. The lowest BCUT2D eigenvalue weighted by atomic mass is 10.4. The maximum Gasteiger partial charge on any atom is 0.123 e. The lowest BCUT2D eigenvalue weighted by molar-refractivity contribution is -0.107. The lowest BCUT2D eigenvalue weighted by Gasteiger charge is -1.76. The first-order valence-corrected chi connectivity index (χ1v) is 7.34. The zero-order valence-electron chi connectivity index (χ0n) is 10.9. The molecule has 0 radical (unpaired) electrons. The SMILES string of the molecule is C1CCOC1.C1CCOC1.O=CC/C=C/C=C/Br. The third kappa shape index (κ3) is 15.6. The van der Waals surface area contributed by atoms with Gasteiger partial charge in [-0.15, -0.1) is 0 Å². The Morgan fingerprint density at radius 2 is 1.39 bits per heavy atom. The van der Waals surface area contributed by atoms with Crippen molar-refractivity contribution < 1.29 is 14.3 Å². The smallest absolute Gasteiger partial charge is 0.123 e. The quantitative estimate of drug-likeness (QED) is 0.588. The van der Waals surface area contributed by atoms with E-state index in [1.807, 2.05) is 12.2 Å². The molecule has 0 atom stereocenters. The minimum atomic E-state index is 0.497. The molecule has 0 bridgehead atoms. The van der Waals surface area contributed by atoms with Gasteiger partial charge in [-0.2, -0.15) is 0 Å². The molecule has 0 saturated carbocycles. The van der Waals surface area contributed by atoms with Crippen LogP contribution in [0.2, 0.25) is 0 Å². The highest BCUT2D eigenvalue weighted by atomic mass is 79.9. The van der Waals surface area contributed by atoms with Gasteiger partial charge in [-0.25, -0.2) is 0 Å². The van der Waals surface area contributed by atoms with Crippen molar-refractivity contribution in [2.45, 2.75) is 32.1 Å². The standard InChI is InChI=1S/C6H7BrO.2C4H8O/c7-5-3-1-2-4-6-8;2*1-2-4-5-3-1/h1-3,5-6H,4H2;2*1-4H2/b2-1+,5-3+;;. The molecule has 0 aliphatic carbocycles. The summed E-state index contributed by atoms with van der Waals surface area (Å²) in [6.07, 6.45) is 11.9. The van der Waals surface area contributed by atoms with Gasteiger partial charge in [0.15, 0.2) is 0 Å². The molecule has 0 amide bonds. The third-order valence-electron chi connectivity index (χ3n) is 2.21. The maximum atomic E-state index is 9.68. The molecule has 2 aliphatic rings. The largest absolute Gasteiger partial charge is 0.381 e. The highest BCUT2D eigenvalue weighted by Crippen LogP contribution is 1.98. The predicted octanol–water partition coefficient (Wildman–Crippen LogP) is 3.63. The van der Waals surface area contributed by atoms with E-state index >= 15 is 0 Å². The van der Waals surface area contributed by atoms with Gasteiger partial charge in [0.1, 0.15) is 6.29 Å². The Kier molecular flexibility index (Phi) is 16.1. The van der Waals surface area contributed by atoms with Gasteiger partial charge in [-0.05, 0) is 30.7 Å². The van der Waals surface area contributed by atoms with Crippen LogP contribution < -0.4 is 0 Å². The van der Waals surface area contributed by atoms with E-state index < -0.39 is 0 Å². The van der Waals surface area contributed by atoms with E-state index in [0.717, 1.165) is 32.7 Å². The van der Waals surface area contributed by atoms with E-state index in [4.69, 9.17) is 9.47 Å². The number of halogens is 1. The van der Waals surface area contributed by atoms with Crippen molar-refractivity contribution in [3.63, 3.8) is 0 Å². The van der Waals surface area contributed by atoms with Crippen molar-refractivity contribution in [3.8, 4) is 0 Å². The van der Waals surface area contributed by atoms with E-state index in [1.165, 1.54) is 25.7 Å². The summed E-state index contributed by atoms with van der Waals surface area (Å²) in [6.45, 7) is 4.00. The number of carbonyl (C=O) groups excluding carboxylic acids is 1. The first-order chi connectivity index (χ1) is 8.91. The Bertz CT molecular complexity index is 194. The summed E-state index contributed by atoms with van der Waals surface area (Å²) in [5.74, 6) is 0. The first kappa shape index (κ1) is 17.6. The third-order valence-corrected chi connectivity index (χ3v) is 2.51. The average molecular weight is 319 g/mol. The Morgan fingerprint density at radius 3 is 1.67 bits per heavy atom. The zero-order chi connectivity index (χ0) is 13.3. The van der Waals surface area contributed by atoms with Gasteiger partial charge in [0.2, 0.25) is 0 Å². The number of hydrogen-bond donors (Lipinski definition) is 0. The van der Waals surface area contributed by atoms with E-state index in [1.54, 1.807) is 11.1 Å². The van der Waals surface area contributed by atoms with E-state index in [0.29, 0.717) is 6.42 Å². The van der Waals surface area contributed by atoms with E-state index in [2.05, 4.69) is 15.9 Å². The molecule has 2 saturated heterocycles. The molecule has 2 rings (SSSR count). The molecule has 18 heavy (non-hydrogen) atoms. The molecule has 2 fully saturated rings. The van der Waals surface area contributed by atoms with Crippen LogP contribution in [0, 0.1) is 0 Å². The number of carbonyl (C=O) groups is 1. The van der Waals surface area contributed by atoms with Crippen molar-refractivity contribution >= 4 is 22.2 Å². The highest BCUT2D eigenvalue weighted by Gasteiger charge is 1.95. The van der Waals surface area contributed by atoms with E-state index in [-0.39, 0.29) is 0 Å². The van der Waals surface area contributed by atoms with Gasteiger partial charge >= 0.3 is 0 Å². The summed E-state index contributed by atoms with van der Waals surface area (Å²) in [5, 5.41) is 0. The summed E-state index contributed by atoms with van der Waals surface area (Å²) in [4.78, 5) is 11.4. The molecular formula is C14H23BrO3. The fourth-order valence-corrected chi connectivity index (χ4v) is 1.45. The second kappa shape index (κ2) is 16.6.